The van der Waals surface area contributed by atoms with E-state index in [4.69, 9.17) is 23.1 Å². The molecule has 2 aromatic rings. The molecular formula is C16H17NOS. The van der Waals surface area contributed by atoms with Gasteiger partial charge < -0.3 is 10.8 Å². The number of benzene rings is 2. The Bertz CT molecular complexity index is 563. The van der Waals surface area contributed by atoms with E-state index in [1.807, 2.05) is 24.3 Å². The summed E-state index contributed by atoms with van der Waals surface area (Å²) in [6, 6.07) is 16.2. The van der Waals surface area contributed by atoms with Crippen LogP contribution in [0.2, 0.25) is 0 Å². The van der Waals surface area contributed by atoms with E-state index in [1.54, 1.807) is 0 Å². The lowest BCUT2D eigenvalue weighted by atomic mass is 9.98. The fourth-order valence-electron chi connectivity index (χ4n) is 2.08. The summed E-state index contributed by atoms with van der Waals surface area (Å²) < 4.78 is 0. The van der Waals surface area contributed by atoms with Crippen molar-refractivity contribution < 1.29 is 5.11 Å². The van der Waals surface area contributed by atoms with E-state index < -0.39 is 0 Å². The van der Waals surface area contributed by atoms with Gasteiger partial charge in [-0.1, -0.05) is 60.7 Å². The molecule has 2 aromatic carbocycles. The molecule has 0 aliphatic rings. The maximum atomic E-state index is 8.83. The van der Waals surface area contributed by atoms with Crippen LogP contribution < -0.4 is 5.73 Å². The topological polar surface area (TPSA) is 46.2 Å². The zero-order chi connectivity index (χ0) is 13.7. The average Bonchev–Trinajstić information content (AvgIpc) is 2.45. The van der Waals surface area contributed by atoms with Crippen LogP contribution in [0.1, 0.15) is 17.5 Å². The van der Waals surface area contributed by atoms with Gasteiger partial charge in [0, 0.05) is 12.2 Å². The highest BCUT2D eigenvalue weighted by molar-refractivity contribution is 7.80. The molecule has 0 aliphatic heterocycles. The first-order valence-electron chi connectivity index (χ1n) is 6.31. The van der Waals surface area contributed by atoms with Gasteiger partial charge in [-0.05, 0) is 29.5 Å². The molecule has 98 valence electrons. The van der Waals surface area contributed by atoms with Crippen molar-refractivity contribution in [1.29, 1.82) is 0 Å². The summed E-state index contributed by atoms with van der Waals surface area (Å²) in [5, 5.41) is 8.83. The van der Waals surface area contributed by atoms with Crippen molar-refractivity contribution in [2.75, 3.05) is 6.61 Å². The third kappa shape index (κ3) is 3.40. The number of rotatable bonds is 5. The monoisotopic (exact) mass is 271 g/mol. The van der Waals surface area contributed by atoms with Gasteiger partial charge in [0.25, 0.3) is 0 Å². The highest BCUT2D eigenvalue weighted by Gasteiger charge is 2.06. The second-order valence-electron chi connectivity index (χ2n) is 4.43. The molecule has 0 heterocycles. The molecule has 0 fully saturated rings. The Morgan fingerprint density at radius 3 is 2.37 bits per heavy atom. The molecule has 0 spiro atoms. The average molecular weight is 271 g/mol. The quantitative estimate of drug-likeness (QED) is 0.822. The lowest BCUT2D eigenvalue weighted by Gasteiger charge is -2.09. The summed E-state index contributed by atoms with van der Waals surface area (Å²) in [6.07, 6.45) is 1.69. The first-order valence-corrected chi connectivity index (χ1v) is 6.72. The SMILES string of the molecule is NC(=S)c1ccccc1-c1ccc(CCCO)cc1. The van der Waals surface area contributed by atoms with Crippen molar-refractivity contribution >= 4 is 17.2 Å². The summed E-state index contributed by atoms with van der Waals surface area (Å²) in [7, 11) is 0. The highest BCUT2D eigenvalue weighted by atomic mass is 32.1. The maximum Gasteiger partial charge on any atom is 0.104 e. The number of hydrogen-bond donors (Lipinski definition) is 2. The second-order valence-corrected chi connectivity index (χ2v) is 4.87. The first-order chi connectivity index (χ1) is 9.22. The standard InChI is InChI=1S/C16H17NOS/c17-16(19)15-6-2-1-5-14(15)13-9-7-12(8-10-13)4-3-11-18/h1-2,5-10,18H,3-4,11H2,(H2,17,19). The molecule has 2 nitrogen and oxygen atoms in total. The van der Waals surface area contributed by atoms with Crippen LogP contribution in [0.4, 0.5) is 0 Å². The third-order valence-corrected chi connectivity index (χ3v) is 3.30. The number of aryl methyl sites for hydroxylation is 1. The molecule has 0 bridgehead atoms. The smallest absolute Gasteiger partial charge is 0.104 e. The molecule has 0 unspecified atom stereocenters. The van der Waals surface area contributed by atoms with Crippen molar-refractivity contribution in [3.8, 4) is 11.1 Å². The van der Waals surface area contributed by atoms with Crippen LogP contribution in [0, 0.1) is 0 Å². The summed E-state index contributed by atoms with van der Waals surface area (Å²) >= 11 is 5.08. The Morgan fingerprint density at radius 1 is 1.05 bits per heavy atom. The fourth-order valence-corrected chi connectivity index (χ4v) is 2.26. The van der Waals surface area contributed by atoms with E-state index in [9.17, 15) is 0 Å². The van der Waals surface area contributed by atoms with Crippen LogP contribution >= 0.6 is 12.2 Å². The van der Waals surface area contributed by atoms with Crippen LogP contribution in [0.15, 0.2) is 48.5 Å². The Labute approximate surface area is 118 Å². The van der Waals surface area contributed by atoms with Crippen molar-refractivity contribution in [2.24, 2.45) is 5.73 Å². The number of thiocarbonyl (C=S) groups is 1. The molecule has 3 N–H and O–H groups in total. The molecule has 0 atom stereocenters. The molecule has 3 heteroatoms. The second kappa shape index (κ2) is 6.45. The van der Waals surface area contributed by atoms with Gasteiger partial charge in [-0.3, -0.25) is 0 Å². The summed E-state index contributed by atoms with van der Waals surface area (Å²) in [5.74, 6) is 0. The molecule has 0 saturated carbocycles. The summed E-state index contributed by atoms with van der Waals surface area (Å²) in [4.78, 5) is 0.417. The summed E-state index contributed by atoms with van der Waals surface area (Å²) in [6.45, 7) is 0.228. The van der Waals surface area contributed by atoms with Crippen LogP contribution in [0.5, 0.6) is 0 Å². The van der Waals surface area contributed by atoms with Gasteiger partial charge in [-0.15, -0.1) is 0 Å². The van der Waals surface area contributed by atoms with Gasteiger partial charge in [0.2, 0.25) is 0 Å². The van der Waals surface area contributed by atoms with Crippen molar-refractivity contribution in [3.05, 3.63) is 59.7 Å². The Balaban J connectivity index is 2.30. The molecule has 0 aliphatic carbocycles. The minimum absolute atomic E-state index is 0.228. The van der Waals surface area contributed by atoms with Crippen LogP contribution in [0.25, 0.3) is 11.1 Å². The van der Waals surface area contributed by atoms with Crippen molar-refractivity contribution in [2.45, 2.75) is 12.8 Å². The number of nitrogens with two attached hydrogens (primary N) is 1. The Morgan fingerprint density at radius 2 is 1.74 bits per heavy atom. The molecule has 0 saturated heterocycles. The van der Waals surface area contributed by atoms with E-state index in [1.165, 1.54) is 5.56 Å². The van der Waals surface area contributed by atoms with Crippen LogP contribution in [0.3, 0.4) is 0 Å². The normalized spacial score (nSPS) is 10.4. The number of aliphatic hydroxyl groups is 1. The van der Waals surface area contributed by atoms with Gasteiger partial charge in [0.15, 0.2) is 0 Å². The Kier molecular flexibility index (Phi) is 4.66. The minimum atomic E-state index is 0.228. The molecule has 19 heavy (non-hydrogen) atoms. The predicted molar refractivity (Wildman–Crippen MR) is 83.2 cm³/mol. The molecule has 0 radical (unpaired) electrons. The van der Waals surface area contributed by atoms with Crippen molar-refractivity contribution in [3.63, 3.8) is 0 Å². The largest absolute Gasteiger partial charge is 0.396 e. The van der Waals surface area contributed by atoms with Gasteiger partial charge in [0.1, 0.15) is 4.99 Å². The lowest BCUT2D eigenvalue weighted by Crippen LogP contribution is -2.10. The van der Waals surface area contributed by atoms with Gasteiger partial charge >= 0.3 is 0 Å². The van der Waals surface area contributed by atoms with E-state index in [2.05, 4.69) is 24.3 Å². The van der Waals surface area contributed by atoms with E-state index in [-0.39, 0.29) is 6.61 Å². The lowest BCUT2D eigenvalue weighted by molar-refractivity contribution is 0.288. The van der Waals surface area contributed by atoms with Crippen LogP contribution in [-0.2, 0) is 6.42 Å². The fraction of sp³-hybridized carbons (Fsp3) is 0.188. The third-order valence-electron chi connectivity index (χ3n) is 3.08. The van der Waals surface area contributed by atoms with E-state index in [0.29, 0.717) is 4.99 Å². The molecule has 0 aromatic heterocycles. The summed E-state index contributed by atoms with van der Waals surface area (Å²) in [5.41, 5.74) is 10.0. The number of aliphatic hydroxyl groups excluding tert-OH is 1. The predicted octanol–water partition coefficient (Wildman–Crippen LogP) is 2.91. The van der Waals surface area contributed by atoms with E-state index in [0.717, 1.165) is 29.5 Å². The van der Waals surface area contributed by atoms with Gasteiger partial charge in [0.05, 0.1) is 0 Å². The maximum absolute atomic E-state index is 8.83. The Hall–Kier alpha value is -1.71. The van der Waals surface area contributed by atoms with Gasteiger partial charge in [-0.2, -0.15) is 0 Å². The number of hydrogen-bond acceptors (Lipinski definition) is 2. The zero-order valence-corrected chi connectivity index (χ0v) is 11.5. The highest BCUT2D eigenvalue weighted by Crippen LogP contribution is 2.24. The van der Waals surface area contributed by atoms with Gasteiger partial charge in [-0.25, -0.2) is 0 Å². The van der Waals surface area contributed by atoms with Crippen LogP contribution in [-0.4, -0.2) is 16.7 Å². The first kappa shape index (κ1) is 13.7. The molecular weight excluding hydrogens is 254 g/mol. The molecule has 0 amide bonds. The zero-order valence-electron chi connectivity index (χ0n) is 10.7. The van der Waals surface area contributed by atoms with E-state index >= 15 is 0 Å². The minimum Gasteiger partial charge on any atom is -0.396 e. The molecule has 2 rings (SSSR count). The van der Waals surface area contributed by atoms with Crippen molar-refractivity contribution in [1.82, 2.24) is 0 Å².